The lowest BCUT2D eigenvalue weighted by Gasteiger charge is -2.33. The second-order valence-electron chi connectivity index (χ2n) is 4.64. The maximum atomic E-state index is 13.3. The summed E-state index contributed by atoms with van der Waals surface area (Å²) >= 11 is 0. The monoisotopic (exact) mass is 238 g/mol. The lowest BCUT2D eigenvalue weighted by Crippen LogP contribution is -2.39. The van der Waals surface area contributed by atoms with Crippen molar-refractivity contribution in [3.8, 4) is 0 Å². The van der Waals surface area contributed by atoms with Crippen LogP contribution in [0.25, 0.3) is 0 Å². The van der Waals surface area contributed by atoms with E-state index in [1.165, 1.54) is 12.1 Å². The highest BCUT2D eigenvalue weighted by Crippen LogP contribution is 2.39. The Morgan fingerprint density at radius 2 is 1.94 bits per heavy atom. The first-order valence-electron chi connectivity index (χ1n) is 5.76. The minimum absolute atomic E-state index is 0.0733. The molecule has 0 bridgehead atoms. The molecular weight excluding hydrogens is 223 g/mol. The third-order valence-electron chi connectivity index (χ3n) is 3.44. The summed E-state index contributed by atoms with van der Waals surface area (Å²) < 4.78 is 13.3. The van der Waals surface area contributed by atoms with Crippen LogP contribution in [0.5, 0.6) is 0 Å². The van der Waals surface area contributed by atoms with E-state index < -0.39 is 16.3 Å². The number of nitrogens with two attached hydrogens (primary N) is 1. The number of nitro benzene ring substituents is 1. The van der Waals surface area contributed by atoms with Gasteiger partial charge in [-0.1, -0.05) is 19.3 Å². The zero-order valence-electron chi connectivity index (χ0n) is 9.49. The van der Waals surface area contributed by atoms with E-state index in [4.69, 9.17) is 5.73 Å². The first-order chi connectivity index (χ1) is 8.03. The number of nitro groups is 1. The average Bonchev–Trinajstić information content (AvgIpc) is 2.29. The molecule has 2 N–H and O–H groups in total. The van der Waals surface area contributed by atoms with Crippen molar-refractivity contribution in [1.82, 2.24) is 0 Å². The highest BCUT2D eigenvalue weighted by molar-refractivity contribution is 5.45. The van der Waals surface area contributed by atoms with Crippen molar-refractivity contribution in [2.75, 3.05) is 0 Å². The first-order valence-corrected chi connectivity index (χ1v) is 5.76. The van der Waals surface area contributed by atoms with Crippen LogP contribution >= 0.6 is 0 Å². The minimum Gasteiger partial charge on any atom is -0.321 e. The quantitative estimate of drug-likeness (QED) is 0.636. The van der Waals surface area contributed by atoms with E-state index in [0.29, 0.717) is 18.4 Å². The molecule has 1 aliphatic rings. The maximum Gasteiger partial charge on any atom is 0.274 e. The number of rotatable bonds is 2. The van der Waals surface area contributed by atoms with Gasteiger partial charge in [-0.05, 0) is 25.0 Å². The van der Waals surface area contributed by atoms with E-state index in [1.54, 1.807) is 0 Å². The van der Waals surface area contributed by atoms with Gasteiger partial charge in [0.2, 0.25) is 0 Å². The summed E-state index contributed by atoms with van der Waals surface area (Å²) in [7, 11) is 0. The maximum absolute atomic E-state index is 13.3. The SMILES string of the molecule is NC1(c2cc(F)ccc2[N+](=O)[O-])CCCCC1. The van der Waals surface area contributed by atoms with Crippen LogP contribution in [0.15, 0.2) is 18.2 Å². The Bertz CT molecular complexity index is 442. The van der Waals surface area contributed by atoms with Gasteiger partial charge >= 0.3 is 0 Å². The molecule has 2 rings (SSSR count). The summed E-state index contributed by atoms with van der Waals surface area (Å²) in [4.78, 5) is 10.5. The highest BCUT2D eigenvalue weighted by atomic mass is 19.1. The molecule has 0 spiro atoms. The molecule has 1 fully saturated rings. The van der Waals surface area contributed by atoms with Gasteiger partial charge in [-0.3, -0.25) is 10.1 Å². The molecule has 0 atom stereocenters. The van der Waals surface area contributed by atoms with Gasteiger partial charge in [-0.15, -0.1) is 0 Å². The summed E-state index contributed by atoms with van der Waals surface area (Å²) in [6.45, 7) is 0. The Balaban J connectivity index is 2.48. The minimum atomic E-state index is -0.747. The van der Waals surface area contributed by atoms with E-state index in [2.05, 4.69) is 0 Å². The number of hydrogen-bond donors (Lipinski definition) is 1. The molecule has 1 saturated carbocycles. The average molecular weight is 238 g/mol. The third kappa shape index (κ3) is 2.29. The standard InChI is InChI=1S/C12H15FN2O2/c13-9-4-5-11(15(16)17)10(8-9)12(14)6-2-1-3-7-12/h4-5,8H,1-3,6-7,14H2. The van der Waals surface area contributed by atoms with Crippen molar-refractivity contribution in [3.05, 3.63) is 39.7 Å². The molecule has 17 heavy (non-hydrogen) atoms. The molecular formula is C12H15FN2O2. The third-order valence-corrected chi connectivity index (χ3v) is 3.44. The number of nitrogens with zero attached hydrogens (tertiary/aromatic N) is 1. The Kier molecular flexibility index (Phi) is 3.11. The van der Waals surface area contributed by atoms with Crippen molar-refractivity contribution in [2.45, 2.75) is 37.6 Å². The predicted molar refractivity (Wildman–Crippen MR) is 62.0 cm³/mol. The van der Waals surface area contributed by atoms with Crippen molar-refractivity contribution in [1.29, 1.82) is 0 Å². The fourth-order valence-electron chi connectivity index (χ4n) is 2.52. The Labute approximate surface area is 98.8 Å². The molecule has 0 heterocycles. The lowest BCUT2D eigenvalue weighted by molar-refractivity contribution is -0.386. The van der Waals surface area contributed by atoms with Gasteiger partial charge in [-0.2, -0.15) is 0 Å². The summed E-state index contributed by atoms with van der Waals surface area (Å²) in [5.74, 6) is -0.471. The lowest BCUT2D eigenvalue weighted by atomic mass is 9.77. The van der Waals surface area contributed by atoms with Crippen molar-refractivity contribution < 1.29 is 9.31 Å². The van der Waals surface area contributed by atoms with Crippen molar-refractivity contribution >= 4 is 5.69 Å². The molecule has 0 amide bonds. The van der Waals surface area contributed by atoms with E-state index in [1.807, 2.05) is 0 Å². The predicted octanol–water partition coefficient (Wildman–Crippen LogP) is 2.85. The normalized spacial score (nSPS) is 18.9. The first kappa shape index (κ1) is 12.0. The number of halogens is 1. The Morgan fingerprint density at radius 3 is 2.53 bits per heavy atom. The van der Waals surface area contributed by atoms with Gasteiger partial charge in [-0.25, -0.2) is 4.39 Å². The second kappa shape index (κ2) is 4.41. The van der Waals surface area contributed by atoms with E-state index >= 15 is 0 Å². The number of benzene rings is 1. The Hall–Kier alpha value is -1.49. The molecule has 0 aromatic heterocycles. The molecule has 0 aliphatic heterocycles. The summed E-state index contributed by atoms with van der Waals surface area (Å²) in [6, 6.07) is 3.52. The summed E-state index contributed by atoms with van der Waals surface area (Å²) in [5, 5.41) is 10.9. The molecule has 0 unspecified atom stereocenters. The largest absolute Gasteiger partial charge is 0.321 e. The molecule has 0 saturated heterocycles. The number of hydrogen-bond acceptors (Lipinski definition) is 3. The van der Waals surface area contributed by atoms with Crippen LogP contribution in [-0.4, -0.2) is 4.92 Å². The van der Waals surface area contributed by atoms with Crippen LogP contribution in [0.1, 0.15) is 37.7 Å². The van der Waals surface area contributed by atoms with Gasteiger partial charge in [0, 0.05) is 11.6 Å². The zero-order chi connectivity index (χ0) is 12.5. The molecule has 1 aromatic rings. The van der Waals surface area contributed by atoms with Gasteiger partial charge in [0.15, 0.2) is 0 Å². The Morgan fingerprint density at radius 1 is 1.29 bits per heavy atom. The van der Waals surface area contributed by atoms with Crippen LogP contribution < -0.4 is 5.73 Å². The van der Waals surface area contributed by atoms with E-state index in [-0.39, 0.29) is 5.69 Å². The highest BCUT2D eigenvalue weighted by Gasteiger charge is 2.35. The van der Waals surface area contributed by atoms with Gasteiger partial charge in [0.1, 0.15) is 5.82 Å². The van der Waals surface area contributed by atoms with Crippen molar-refractivity contribution in [3.63, 3.8) is 0 Å². The topological polar surface area (TPSA) is 69.2 Å². The van der Waals surface area contributed by atoms with Crippen LogP contribution in [0.4, 0.5) is 10.1 Å². The zero-order valence-corrected chi connectivity index (χ0v) is 9.49. The second-order valence-corrected chi connectivity index (χ2v) is 4.64. The van der Waals surface area contributed by atoms with Crippen LogP contribution in [0.3, 0.4) is 0 Å². The molecule has 1 aliphatic carbocycles. The summed E-state index contributed by atoms with van der Waals surface area (Å²) in [5.41, 5.74) is 5.73. The molecule has 4 nitrogen and oxygen atoms in total. The van der Waals surface area contributed by atoms with Crippen molar-refractivity contribution in [2.24, 2.45) is 5.73 Å². The van der Waals surface area contributed by atoms with Gasteiger partial charge < -0.3 is 5.73 Å². The van der Waals surface area contributed by atoms with E-state index in [0.717, 1.165) is 25.3 Å². The molecule has 1 aromatic carbocycles. The molecule has 92 valence electrons. The molecule has 0 radical (unpaired) electrons. The van der Waals surface area contributed by atoms with Gasteiger partial charge in [0.05, 0.1) is 10.5 Å². The summed E-state index contributed by atoms with van der Waals surface area (Å²) in [6.07, 6.45) is 4.31. The van der Waals surface area contributed by atoms with Crippen LogP contribution in [0.2, 0.25) is 0 Å². The van der Waals surface area contributed by atoms with Crippen LogP contribution in [-0.2, 0) is 5.54 Å². The fourth-order valence-corrected chi connectivity index (χ4v) is 2.52. The van der Waals surface area contributed by atoms with Gasteiger partial charge in [0.25, 0.3) is 5.69 Å². The van der Waals surface area contributed by atoms with E-state index in [9.17, 15) is 14.5 Å². The fraction of sp³-hybridized carbons (Fsp3) is 0.500. The van der Waals surface area contributed by atoms with Crippen LogP contribution in [0, 0.1) is 15.9 Å². The molecule has 5 heteroatoms. The smallest absolute Gasteiger partial charge is 0.274 e.